The summed E-state index contributed by atoms with van der Waals surface area (Å²) in [6, 6.07) is 7.94. The molecule has 0 spiro atoms. The molecule has 0 bridgehead atoms. The highest BCUT2D eigenvalue weighted by Gasteiger charge is 2.15. The molecule has 0 amide bonds. The third-order valence-electron chi connectivity index (χ3n) is 2.88. The van der Waals surface area contributed by atoms with Crippen LogP contribution in [0.5, 0.6) is 0 Å². The third kappa shape index (κ3) is 2.94. The zero-order chi connectivity index (χ0) is 12.8. The number of aromatic nitrogens is 3. The van der Waals surface area contributed by atoms with Gasteiger partial charge in [0.2, 0.25) is 0 Å². The molecular formula is C13H19N5. The highest BCUT2D eigenvalue weighted by molar-refractivity contribution is 5.13. The molecule has 1 unspecified atom stereocenters. The Balaban J connectivity index is 2.15. The molecule has 2 heterocycles. The largest absolute Gasteiger partial charge is 0.271 e. The van der Waals surface area contributed by atoms with E-state index in [0.717, 1.165) is 30.8 Å². The molecule has 3 N–H and O–H groups in total. The van der Waals surface area contributed by atoms with Crippen molar-refractivity contribution >= 4 is 0 Å². The average Bonchev–Trinajstić information content (AvgIpc) is 2.86. The maximum Gasteiger partial charge on any atom is 0.0684 e. The van der Waals surface area contributed by atoms with Crippen LogP contribution in [0.1, 0.15) is 30.8 Å². The Hall–Kier alpha value is -1.72. The van der Waals surface area contributed by atoms with Gasteiger partial charge in [0, 0.05) is 31.1 Å². The van der Waals surface area contributed by atoms with Crippen molar-refractivity contribution in [3.05, 3.63) is 48.0 Å². The number of hydrogen-bond donors (Lipinski definition) is 2. The molecule has 96 valence electrons. The molecule has 5 heteroatoms. The minimum Gasteiger partial charge on any atom is -0.271 e. The Bertz CT molecular complexity index is 465. The molecule has 0 saturated carbocycles. The van der Waals surface area contributed by atoms with Crippen LogP contribution in [0, 0.1) is 0 Å². The van der Waals surface area contributed by atoms with Crippen LogP contribution >= 0.6 is 0 Å². The normalized spacial score (nSPS) is 12.6. The Morgan fingerprint density at radius 1 is 1.33 bits per heavy atom. The number of hydrazine groups is 1. The summed E-state index contributed by atoms with van der Waals surface area (Å²) in [5, 5.41) is 4.32. The molecule has 2 aromatic rings. The van der Waals surface area contributed by atoms with Crippen molar-refractivity contribution in [3.8, 4) is 0 Å². The summed E-state index contributed by atoms with van der Waals surface area (Å²) in [5.74, 6) is 5.66. The molecule has 5 nitrogen and oxygen atoms in total. The summed E-state index contributed by atoms with van der Waals surface area (Å²) in [6.45, 7) is 3.04. The maximum atomic E-state index is 5.66. The monoisotopic (exact) mass is 245 g/mol. The second kappa shape index (κ2) is 6.28. The summed E-state index contributed by atoms with van der Waals surface area (Å²) >= 11 is 0. The number of nitrogens with one attached hydrogen (secondary N) is 1. The first-order valence-corrected chi connectivity index (χ1v) is 6.23. The highest BCUT2D eigenvalue weighted by Crippen LogP contribution is 2.16. The number of aryl methyl sites for hydroxylation is 1. The van der Waals surface area contributed by atoms with Crippen molar-refractivity contribution in [2.24, 2.45) is 5.84 Å². The van der Waals surface area contributed by atoms with Crippen molar-refractivity contribution in [2.75, 3.05) is 0 Å². The van der Waals surface area contributed by atoms with Crippen LogP contribution in [0.3, 0.4) is 0 Å². The van der Waals surface area contributed by atoms with E-state index in [1.807, 2.05) is 35.1 Å². The first kappa shape index (κ1) is 12.7. The van der Waals surface area contributed by atoms with E-state index in [1.165, 1.54) is 0 Å². The smallest absolute Gasteiger partial charge is 0.0684 e. The van der Waals surface area contributed by atoms with E-state index < -0.39 is 0 Å². The molecule has 0 saturated heterocycles. The van der Waals surface area contributed by atoms with Gasteiger partial charge in [-0.3, -0.25) is 20.9 Å². The molecule has 0 aromatic carbocycles. The van der Waals surface area contributed by atoms with Gasteiger partial charge in [-0.25, -0.2) is 0 Å². The number of nitrogens with zero attached hydrogens (tertiary/aromatic N) is 3. The zero-order valence-corrected chi connectivity index (χ0v) is 10.6. The van der Waals surface area contributed by atoms with Gasteiger partial charge in [-0.1, -0.05) is 13.0 Å². The first-order valence-electron chi connectivity index (χ1n) is 6.23. The minimum absolute atomic E-state index is 0.0361. The van der Waals surface area contributed by atoms with Crippen molar-refractivity contribution in [2.45, 2.75) is 32.4 Å². The molecule has 0 aliphatic rings. The van der Waals surface area contributed by atoms with Crippen LogP contribution in [-0.4, -0.2) is 14.8 Å². The fourth-order valence-electron chi connectivity index (χ4n) is 2.01. The van der Waals surface area contributed by atoms with E-state index in [4.69, 9.17) is 5.84 Å². The van der Waals surface area contributed by atoms with Gasteiger partial charge in [0.05, 0.1) is 11.7 Å². The van der Waals surface area contributed by atoms with Crippen LogP contribution < -0.4 is 11.3 Å². The summed E-state index contributed by atoms with van der Waals surface area (Å²) < 4.78 is 1.99. The first-order chi connectivity index (χ1) is 8.85. The lowest BCUT2D eigenvalue weighted by molar-refractivity contribution is 0.475. The molecule has 18 heavy (non-hydrogen) atoms. The van der Waals surface area contributed by atoms with Gasteiger partial charge in [-0.15, -0.1) is 0 Å². The van der Waals surface area contributed by atoms with Crippen LogP contribution in [0.4, 0.5) is 0 Å². The van der Waals surface area contributed by atoms with Crippen LogP contribution in [0.15, 0.2) is 36.7 Å². The maximum absolute atomic E-state index is 5.66. The highest BCUT2D eigenvalue weighted by atomic mass is 15.3. The van der Waals surface area contributed by atoms with E-state index in [0.29, 0.717) is 0 Å². The Kier molecular flexibility index (Phi) is 4.44. The number of rotatable bonds is 6. The third-order valence-corrected chi connectivity index (χ3v) is 2.88. The lowest BCUT2D eigenvalue weighted by atomic mass is 10.1. The van der Waals surface area contributed by atoms with Crippen molar-refractivity contribution in [1.82, 2.24) is 20.2 Å². The van der Waals surface area contributed by atoms with Gasteiger partial charge in [0.25, 0.3) is 0 Å². The quantitative estimate of drug-likeness (QED) is 0.597. The minimum atomic E-state index is 0.0361. The van der Waals surface area contributed by atoms with E-state index in [1.54, 1.807) is 6.20 Å². The van der Waals surface area contributed by atoms with E-state index in [-0.39, 0.29) is 6.04 Å². The van der Waals surface area contributed by atoms with Gasteiger partial charge in [-0.2, -0.15) is 5.10 Å². The Morgan fingerprint density at radius 2 is 2.22 bits per heavy atom. The summed E-state index contributed by atoms with van der Waals surface area (Å²) in [6.07, 6.45) is 5.42. The second-order valence-corrected chi connectivity index (χ2v) is 4.22. The summed E-state index contributed by atoms with van der Waals surface area (Å²) in [5.41, 5.74) is 4.97. The molecule has 0 radical (unpaired) electrons. The van der Waals surface area contributed by atoms with E-state index in [2.05, 4.69) is 22.4 Å². The topological polar surface area (TPSA) is 68.8 Å². The lowest BCUT2D eigenvalue weighted by Gasteiger charge is -2.17. The number of hydrogen-bond acceptors (Lipinski definition) is 4. The molecular weight excluding hydrogens is 226 g/mol. The van der Waals surface area contributed by atoms with Gasteiger partial charge < -0.3 is 0 Å². The molecule has 1 atom stereocenters. The predicted octanol–water partition coefficient (Wildman–Crippen LogP) is 1.44. The second-order valence-electron chi connectivity index (χ2n) is 4.22. The Morgan fingerprint density at radius 3 is 2.89 bits per heavy atom. The molecule has 2 aromatic heterocycles. The fourth-order valence-corrected chi connectivity index (χ4v) is 2.01. The molecule has 2 rings (SSSR count). The summed E-state index contributed by atoms with van der Waals surface area (Å²) in [4.78, 5) is 4.33. The van der Waals surface area contributed by atoms with Gasteiger partial charge >= 0.3 is 0 Å². The summed E-state index contributed by atoms with van der Waals surface area (Å²) in [7, 11) is 0. The molecule has 0 fully saturated rings. The van der Waals surface area contributed by atoms with E-state index in [9.17, 15) is 0 Å². The average molecular weight is 245 g/mol. The lowest BCUT2D eigenvalue weighted by Crippen LogP contribution is -2.31. The SMILES string of the molecule is CCCn1nccc1C(Cc1ccccn1)NN. The van der Waals surface area contributed by atoms with Gasteiger partial charge in [0.15, 0.2) is 0 Å². The fraction of sp³-hybridized carbons (Fsp3) is 0.385. The van der Waals surface area contributed by atoms with Crippen molar-refractivity contribution < 1.29 is 0 Å². The number of pyridine rings is 1. The molecule has 0 aliphatic heterocycles. The molecule has 0 aliphatic carbocycles. The van der Waals surface area contributed by atoms with Crippen LogP contribution in [0.2, 0.25) is 0 Å². The zero-order valence-electron chi connectivity index (χ0n) is 10.6. The van der Waals surface area contributed by atoms with Crippen molar-refractivity contribution in [3.63, 3.8) is 0 Å². The van der Waals surface area contributed by atoms with Crippen LogP contribution in [-0.2, 0) is 13.0 Å². The van der Waals surface area contributed by atoms with Crippen LogP contribution in [0.25, 0.3) is 0 Å². The Labute approximate surface area is 107 Å². The standard InChI is InChI=1S/C13H19N5/c1-2-9-18-13(6-8-16-18)12(17-14)10-11-5-3-4-7-15-11/h3-8,12,17H,2,9-10,14H2,1H3. The predicted molar refractivity (Wildman–Crippen MR) is 70.5 cm³/mol. The van der Waals surface area contributed by atoms with Gasteiger partial charge in [-0.05, 0) is 24.6 Å². The van der Waals surface area contributed by atoms with E-state index >= 15 is 0 Å². The van der Waals surface area contributed by atoms with Crippen molar-refractivity contribution in [1.29, 1.82) is 0 Å². The number of nitrogens with two attached hydrogens (primary N) is 1. The van der Waals surface area contributed by atoms with Gasteiger partial charge in [0.1, 0.15) is 0 Å².